The summed E-state index contributed by atoms with van der Waals surface area (Å²) in [5, 5.41) is 10.6. The first-order valence-corrected chi connectivity index (χ1v) is 15.0. The van der Waals surface area contributed by atoms with E-state index >= 15 is 0 Å². The Hall–Kier alpha value is -0.733. The number of aliphatic hydroxyl groups is 1. The molecular weight excluding hydrogens is 414 g/mol. The lowest BCUT2D eigenvalue weighted by Crippen LogP contribution is -2.59. The van der Waals surface area contributed by atoms with Gasteiger partial charge in [0.05, 0.1) is 23.6 Å². The molecule has 0 unspecified atom stereocenters. The van der Waals surface area contributed by atoms with Crippen LogP contribution in [0.25, 0.3) is 0 Å². The molecule has 170 valence electrons. The van der Waals surface area contributed by atoms with Gasteiger partial charge in [-0.3, -0.25) is 4.90 Å². The topological polar surface area (TPSA) is 66.8 Å². The van der Waals surface area contributed by atoms with Gasteiger partial charge in [-0.1, -0.05) is 59.7 Å². The van der Waals surface area contributed by atoms with E-state index in [9.17, 15) is 13.5 Å². The molecule has 2 aliphatic heterocycles. The minimum Gasteiger partial charge on any atom is -0.411 e. The summed E-state index contributed by atoms with van der Waals surface area (Å²) in [7, 11) is -5.88. The van der Waals surface area contributed by atoms with Crippen molar-refractivity contribution in [1.29, 1.82) is 0 Å². The van der Waals surface area contributed by atoms with Crippen molar-refractivity contribution >= 4 is 18.2 Å². The molecule has 5 nitrogen and oxygen atoms in total. The molecule has 1 aromatic rings. The van der Waals surface area contributed by atoms with Crippen LogP contribution in [0.4, 0.5) is 0 Å². The summed E-state index contributed by atoms with van der Waals surface area (Å²) >= 11 is 0. The first-order chi connectivity index (χ1) is 14.0. The van der Waals surface area contributed by atoms with E-state index in [1.165, 1.54) is 0 Å². The Morgan fingerprint density at radius 1 is 1.07 bits per heavy atom. The van der Waals surface area contributed by atoms with Crippen molar-refractivity contribution in [2.24, 2.45) is 0 Å². The molecule has 0 bridgehead atoms. The van der Waals surface area contributed by atoms with E-state index in [0.29, 0.717) is 34.5 Å². The van der Waals surface area contributed by atoms with E-state index in [1.807, 2.05) is 6.07 Å². The average Bonchev–Trinajstić information content (AvgIpc) is 3.27. The molecule has 0 aromatic heterocycles. The van der Waals surface area contributed by atoms with Gasteiger partial charge in [0.1, 0.15) is 4.75 Å². The summed E-state index contributed by atoms with van der Waals surface area (Å²) in [6, 6.07) is 8.32. The quantitative estimate of drug-likeness (QED) is 0.597. The molecule has 7 heteroatoms. The van der Waals surface area contributed by atoms with Gasteiger partial charge >= 0.3 is 0 Å². The second-order valence-corrected chi connectivity index (χ2v) is 17.7. The van der Waals surface area contributed by atoms with Crippen molar-refractivity contribution in [3.63, 3.8) is 0 Å². The standard InChI is InChI=1S/C23H39NO4SSi/c1-17(2)30(18(3)4,19(5)6)28-21-12-14-24-15-13-23(16-25,22(21)24)29(26,27)20-10-8-7-9-11-20/h7-11,17-19,21-22,25H,12-16H2,1-6H3/t21-,22-,23-/m1/s1. The van der Waals surface area contributed by atoms with Gasteiger partial charge in [0.25, 0.3) is 0 Å². The molecular formula is C23H39NO4SSi. The fraction of sp³-hybridized carbons (Fsp3) is 0.739. The van der Waals surface area contributed by atoms with Crippen LogP contribution in [0.1, 0.15) is 54.4 Å². The van der Waals surface area contributed by atoms with Gasteiger partial charge in [0.2, 0.25) is 8.32 Å². The molecule has 3 rings (SSSR count). The van der Waals surface area contributed by atoms with E-state index in [4.69, 9.17) is 4.43 Å². The summed E-state index contributed by atoms with van der Waals surface area (Å²) in [5.74, 6) is 0. The fourth-order valence-corrected chi connectivity index (χ4v) is 14.1. The maximum Gasteiger partial charge on any atom is 0.200 e. The zero-order valence-electron chi connectivity index (χ0n) is 19.3. The van der Waals surface area contributed by atoms with Gasteiger partial charge in [0, 0.05) is 13.1 Å². The lowest BCUT2D eigenvalue weighted by Gasteiger charge is -2.46. The van der Waals surface area contributed by atoms with Gasteiger partial charge in [-0.25, -0.2) is 8.42 Å². The van der Waals surface area contributed by atoms with Crippen molar-refractivity contribution in [2.75, 3.05) is 19.7 Å². The average molecular weight is 454 g/mol. The fourth-order valence-electron chi connectivity index (χ4n) is 6.41. The summed E-state index contributed by atoms with van der Waals surface area (Å²) < 4.78 is 33.5. The molecule has 0 radical (unpaired) electrons. The van der Waals surface area contributed by atoms with E-state index < -0.39 is 22.9 Å². The van der Waals surface area contributed by atoms with Crippen molar-refractivity contribution in [3.05, 3.63) is 30.3 Å². The van der Waals surface area contributed by atoms with Crippen LogP contribution in [0.5, 0.6) is 0 Å². The molecule has 0 aliphatic carbocycles. The third-order valence-electron chi connectivity index (χ3n) is 7.73. The van der Waals surface area contributed by atoms with Crippen LogP contribution in [0.2, 0.25) is 16.6 Å². The van der Waals surface area contributed by atoms with Gasteiger partial charge in [-0.05, 0) is 41.6 Å². The maximum atomic E-state index is 13.8. The van der Waals surface area contributed by atoms with Crippen molar-refractivity contribution in [2.45, 2.75) is 92.8 Å². The number of hydrogen-bond acceptors (Lipinski definition) is 5. The van der Waals surface area contributed by atoms with Crippen LogP contribution in [-0.4, -0.2) is 63.3 Å². The van der Waals surface area contributed by atoms with Crippen molar-refractivity contribution in [3.8, 4) is 0 Å². The number of sulfone groups is 1. The minimum atomic E-state index is -3.71. The monoisotopic (exact) mass is 453 g/mol. The zero-order valence-corrected chi connectivity index (χ0v) is 21.2. The third kappa shape index (κ3) is 3.50. The minimum absolute atomic E-state index is 0.156. The summed E-state index contributed by atoms with van der Waals surface area (Å²) in [5.41, 5.74) is 1.30. The molecule has 0 saturated carbocycles. The van der Waals surface area contributed by atoms with Gasteiger partial charge in [-0.15, -0.1) is 0 Å². The highest BCUT2D eigenvalue weighted by atomic mass is 32.2. The lowest BCUT2D eigenvalue weighted by molar-refractivity contribution is 0.102. The molecule has 1 N–H and O–H groups in total. The van der Waals surface area contributed by atoms with E-state index in [0.717, 1.165) is 13.0 Å². The van der Waals surface area contributed by atoms with Gasteiger partial charge < -0.3 is 9.53 Å². The van der Waals surface area contributed by atoms with Crippen LogP contribution >= 0.6 is 0 Å². The summed E-state index contributed by atoms with van der Waals surface area (Å²) in [4.78, 5) is 2.55. The van der Waals surface area contributed by atoms with Crippen LogP contribution in [0.15, 0.2) is 35.2 Å². The molecule has 0 amide bonds. The lowest BCUT2D eigenvalue weighted by atomic mass is 9.96. The van der Waals surface area contributed by atoms with Crippen molar-refractivity contribution in [1.82, 2.24) is 4.90 Å². The highest BCUT2D eigenvalue weighted by molar-refractivity contribution is 7.93. The van der Waals surface area contributed by atoms with Crippen LogP contribution in [-0.2, 0) is 14.3 Å². The Bertz CT molecular complexity index is 805. The number of fused-ring (bicyclic) bond motifs is 1. The third-order valence-corrected chi connectivity index (χ3v) is 16.4. The first kappa shape index (κ1) is 23.9. The Kier molecular flexibility index (Phi) is 6.90. The van der Waals surface area contributed by atoms with Crippen molar-refractivity contribution < 1.29 is 18.0 Å². The van der Waals surface area contributed by atoms with Gasteiger partial charge in [-0.2, -0.15) is 0 Å². The number of aliphatic hydroxyl groups excluding tert-OH is 1. The maximum absolute atomic E-state index is 13.8. The first-order valence-electron chi connectivity index (χ1n) is 11.4. The number of rotatable bonds is 8. The van der Waals surface area contributed by atoms with Gasteiger partial charge in [0.15, 0.2) is 9.84 Å². The predicted octanol–water partition coefficient (Wildman–Crippen LogP) is 4.23. The van der Waals surface area contributed by atoms with E-state index in [-0.39, 0.29) is 18.8 Å². The van der Waals surface area contributed by atoms with E-state index in [2.05, 4.69) is 46.4 Å². The second kappa shape index (κ2) is 8.66. The normalized spacial score (nSPS) is 28.1. The Morgan fingerprint density at radius 3 is 2.13 bits per heavy atom. The number of nitrogens with zero attached hydrogens (tertiary/aromatic N) is 1. The largest absolute Gasteiger partial charge is 0.411 e. The molecule has 1 aromatic carbocycles. The second-order valence-electron chi connectivity index (χ2n) is 10.0. The smallest absolute Gasteiger partial charge is 0.200 e. The molecule has 2 fully saturated rings. The molecule has 2 heterocycles. The Balaban J connectivity index is 2.04. The number of benzene rings is 1. The Morgan fingerprint density at radius 2 is 1.63 bits per heavy atom. The SMILES string of the molecule is CC(C)[Si](O[C@@H]1CCN2CC[C@](CO)(S(=O)(=O)c3ccccc3)[C@@H]12)(C(C)C)C(C)C. The van der Waals surface area contributed by atoms with Crippen LogP contribution in [0, 0.1) is 0 Å². The molecule has 2 aliphatic rings. The Labute approximate surface area is 183 Å². The summed E-state index contributed by atoms with van der Waals surface area (Å²) in [6.07, 6.45) is 1.12. The highest BCUT2D eigenvalue weighted by Gasteiger charge is 2.62. The zero-order chi connectivity index (χ0) is 22.3. The summed E-state index contributed by atoms with van der Waals surface area (Å²) in [6.45, 7) is 14.7. The highest BCUT2D eigenvalue weighted by Crippen LogP contribution is 2.49. The van der Waals surface area contributed by atoms with Crippen LogP contribution in [0.3, 0.4) is 0 Å². The molecule has 0 spiro atoms. The molecule has 2 saturated heterocycles. The number of hydrogen-bond donors (Lipinski definition) is 1. The van der Waals surface area contributed by atoms with Crippen LogP contribution < -0.4 is 0 Å². The molecule has 30 heavy (non-hydrogen) atoms. The predicted molar refractivity (Wildman–Crippen MR) is 124 cm³/mol. The molecule has 3 atom stereocenters. The van der Waals surface area contributed by atoms with E-state index in [1.54, 1.807) is 24.3 Å².